The first-order chi connectivity index (χ1) is 18.9. The van der Waals surface area contributed by atoms with Crippen molar-refractivity contribution < 1.29 is 14.3 Å². The first-order valence-corrected chi connectivity index (χ1v) is 12.6. The molecular weight excluding hydrogens is 495 g/mol. The van der Waals surface area contributed by atoms with Gasteiger partial charge in [0.2, 0.25) is 0 Å². The highest BCUT2D eigenvalue weighted by molar-refractivity contribution is 5.97. The highest BCUT2D eigenvalue weighted by atomic mass is 19.1. The SMILES string of the molecule is Cc1cccc(F)c1-c1nccc(C(=O)Cc2ccc(-c3cnccc3C#N)cc2N2C[C@@H](N)C[C@H]2CO)n1. The number of hydrogen-bond donors (Lipinski definition) is 2. The van der Waals surface area contributed by atoms with Gasteiger partial charge in [-0.1, -0.05) is 24.3 Å². The van der Waals surface area contributed by atoms with Crippen LogP contribution in [0.2, 0.25) is 0 Å². The molecule has 0 aliphatic carbocycles. The fourth-order valence-electron chi connectivity index (χ4n) is 5.10. The summed E-state index contributed by atoms with van der Waals surface area (Å²) in [6.45, 7) is 2.19. The van der Waals surface area contributed by atoms with E-state index in [-0.39, 0.29) is 48.0 Å². The number of aryl methyl sites for hydroxylation is 1. The second-order valence-electron chi connectivity index (χ2n) is 9.66. The van der Waals surface area contributed by atoms with Crippen molar-refractivity contribution >= 4 is 11.5 Å². The van der Waals surface area contributed by atoms with E-state index in [1.807, 2.05) is 23.1 Å². The minimum Gasteiger partial charge on any atom is -0.394 e. The van der Waals surface area contributed by atoms with Crippen LogP contribution < -0.4 is 10.6 Å². The molecule has 5 rings (SSSR count). The third kappa shape index (κ3) is 5.25. The van der Waals surface area contributed by atoms with E-state index in [0.29, 0.717) is 29.7 Å². The molecule has 0 amide bonds. The second kappa shape index (κ2) is 11.1. The predicted octanol–water partition coefficient (Wildman–Crippen LogP) is 3.85. The largest absolute Gasteiger partial charge is 0.394 e. The molecule has 0 unspecified atom stereocenters. The number of hydrogen-bond acceptors (Lipinski definition) is 8. The Morgan fingerprint density at radius 3 is 2.85 bits per heavy atom. The van der Waals surface area contributed by atoms with Crippen molar-refractivity contribution in [3.8, 4) is 28.6 Å². The smallest absolute Gasteiger partial charge is 0.185 e. The van der Waals surface area contributed by atoms with Crippen LogP contribution in [-0.4, -0.2) is 51.1 Å². The van der Waals surface area contributed by atoms with E-state index in [9.17, 15) is 19.6 Å². The Morgan fingerprint density at radius 1 is 1.23 bits per heavy atom. The lowest BCUT2D eigenvalue weighted by Crippen LogP contribution is -2.34. The summed E-state index contributed by atoms with van der Waals surface area (Å²) in [6, 6.07) is 15.4. The first kappa shape index (κ1) is 26.1. The number of aliphatic hydroxyl groups is 1. The maximum atomic E-state index is 14.5. The van der Waals surface area contributed by atoms with E-state index in [2.05, 4.69) is 21.0 Å². The molecule has 196 valence electrons. The Bertz CT molecular complexity index is 1560. The van der Waals surface area contributed by atoms with Crippen LogP contribution in [0.25, 0.3) is 22.5 Å². The number of ketones is 1. The summed E-state index contributed by atoms with van der Waals surface area (Å²) in [5.74, 6) is -0.562. The molecule has 1 aliphatic rings. The van der Waals surface area contributed by atoms with Gasteiger partial charge in [0, 0.05) is 48.8 Å². The standard InChI is InChI=1S/C30H27FN6O2/c1-18-3-2-4-25(31)29(18)30-35-10-8-26(36-30)28(39)12-20-6-5-19(24-15-34-9-7-21(24)14-32)11-27(20)37-16-22(33)13-23(37)17-38/h2-11,15,22-23,38H,12-13,16-17,33H2,1H3/t22-,23-/m0/s1. The highest BCUT2D eigenvalue weighted by Gasteiger charge is 2.31. The molecule has 8 nitrogen and oxygen atoms in total. The van der Waals surface area contributed by atoms with Gasteiger partial charge in [-0.05, 0) is 54.3 Å². The fraction of sp³-hybridized carbons (Fsp3) is 0.233. The number of carbonyl (C=O) groups is 1. The van der Waals surface area contributed by atoms with Crippen LogP contribution >= 0.6 is 0 Å². The third-order valence-electron chi connectivity index (χ3n) is 7.04. The van der Waals surface area contributed by atoms with Gasteiger partial charge in [-0.3, -0.25) is 9.78 Å². The van der Waals surface area contributed by atoms with Gasteiger partial charge >= 0.3 is 0 Å². The lowest BCUT2D eigenvalue weighted by Gasteiger charge is -2.28. The molecule has 0 bridgehead atoms. The lowest BCUT2D eigenvalue weighted by atomic mass is 9.96. The zero-order valence-corrected chi connectivity index (χ0v) is 21.4. The molecule has 1 aliphatic heterocycles. The molecule has 2 atom stereocenters. The molecule has 0 saturated carbocycles. The number of aromatic nitrogens is 3. The Morgan fingerprint density at radius 2 is 2.08 bits per heavy atom. The summed E-state index contributed by atoms with van der Waals surface area (Å²) in [7, 11) is 0. The van der Waals surface area contributed by atoms with Crippen LogP contribution in [0.3, 0.4) is 0 Å². The van der Waals surface area contributed by atoms with Crippen LogP contribution in [0.15, 0.2) is 67.1 Å². The number of nitrogens with zero attached hydrogens (tertiary/aromatic N) is 5. The number of pyridine rings is 1. The highest BCUT2D eigenvalue weighted by Crippen LogP contribution is 2.34. The Hall–Kier alpha value is -4.52. The average molecular weight is 523 g/mol. The Labute approximate surface area is 225 Å². The quantitative estimate of drug-likeness (QED) is 0.350. The predicted molar refractivity (Wildman–Crippen MR) is 145 cm³/mol. The normalized spacial score (nSPS) is 16.7. The summed E-state index contributed by atoms with van der Waals surface area (Å²) < 4.78 is 14.5. The molecule has 39 heavy (non-hydrogen) atoms. The summed E-state index contributed by atoms with van der Waals surface area (Å²) in [5.41, 5.74) is 10.7. The Kier molecular flexibility index (Phi) is 7.41. The zero-order chi connectivity index (χ0) is 27.5. The monoisotopic (exact) mass is 522 g/mol. The van der Waals surface area contributed by atoms with Gasteiger partial charge in [0.1, 0.15) is 11.5 Å². The molecule has 1 saturated heterocycles. The van der Waals surface area contributed by atoms with Crippen LogP contribution in [0.5, 0.6) is 0 Å². The number of carbonyl (C=O) groups excluding carboxylic acids is 1. The second-order valence-corrected chi connectivity index (χ2v) is 9.66. The number of nitrogens with two attached hydrogens (primary N) is 1. The number of Topliss-reactive ketones (excluding diaryl/α,β-unsaturated/α-hetero) is 1. The van der Waals surface area contributed by atoms with Crippen LogP contribution in [0.1, 0.15) is 33.6 Å². The molecule has 0 spiro atoms. The minimum absolute atomic E-state index is 0.0182. The van der Waals surface area contributed by atoms with Gasteiger partial charge in [-0.15, -0.1) is 0 Å². The van der Waals surface area contributed by atoms with E-state index in [4.69, 9.17) is 5.73 Å². The summed E-state index contributed by atoms with van der Waals surface area (Å²) >= 11 is 0. The van der Waals surface area contributed by atoms with E-state index < -0.39 is 5.82 Å². The van der Waals surface area contributed by atoms with Crippen LogP contribution in [0, 0.1) is 24.1 Å². The van der Waals surface area contributed by atoms with Crippen molar-refractivity contribution in [2.75, 3.05) is 18.1 Å². The number of nitriles is 1. The van der Waals surface area contributed by atoms with Gasteiger partial charge < -0.3 is 15.7 Å². The van der Waals surface area contributed by atoms with Crippen molar-refractivity contribution in [1.29, 1.82) is 5.26 Å². The summed E-state index contributed by atoms with van der Waals surface area (Å²) in [6.07, 6.45) is 5.29. The molecular formula is C30H27FN6O2. The molecule has 4 aromatic rings. The van der Waals surface area contributed by atoms with Gasteiger partial charge in [-0.2, -0.15) is 5.26 Å². The van der Waals surface area contributed by atoms with Gasteiger partial charge in [0.05, 0.1) is 29.8 Å². The molecule has 1 fully saturated rings. The molecule has 2 aromatic heterocycles. The van der Waals surface area contributed by atoms with Gasteiger partial charge in [-0.25, -0.2) is 14.4 Å². The maximum absolute atomic E-state index is 14.5. The summed E-state index contributed by atoms with van der Waals surface area (Å²) in [4.78, 5) is 28.3. The van der Waals surface area contributed by atoms with Crippen molar-refractivity contribution in [3.05, 3.63) is 95.3 Å². The van der Waals surface area contributed by atoms with E-state index in [1.165, 1.54) is 18.3 Å². The van der Waals surface area contributed by atoms with Crippen molar-refractivity contribution in [1.82, 2.24) is 15.0 Å². The number of rotatable bonds is 7. The number of aliphatic hydroxyl groups excluding tert-OH is 1. The zero-order valence-electron chi connectivity index (χ0n) is 21.4. The van der Waals surface area contributed by atoms with Crippen LogP contribution in [0.4, 0.5) is 10.1 Å². The average Bonchev–Trinajstić information content (AvgIpc) is 3.33. The van der Waals surface area contributed by atoms with Crippen molar-refractivity contribution in [3.63, 3.8) is 0 Å². The minimum atomic E-state index is -0.454. The van der Waals surface area contributed by atoms with E-state index >= 15 is 0 Å². The molecule has 9 heteroatoms. The third-order valence-corrected chi connectivity index (χ3v) is 7.04. The number of halogens is 1. The van der Waals surface area contributed by atoms with Crippen molar-refractivity contribution in [2.24, 2.45) is 5.73 Å². The van der Waals surface area contributed by atoms with Crippen LogP contribution in [-0.2, 0) is 6.42 Å². The topological polar surface area (TPSA) is 129 Å². The van der Waals surface area contributed by atoms with Crippen molar-refractivity contribution in [2.45, 2.75) is 31.8 Å². The lowest BCUT2D eigenvalue weighted by molar-refractivity contribution is 0.0988. The summed E-state index contributed by atoms with van der Waals surface area (Å²) in [5, 5.41) is 19.6. The van der Waals surface area contributed by atoms with Gasteiger partial charge in [0.25, 0.3) is 0 Å². The number of anilines is 1. The van der Waals surface area contributed by atoms with Gasteiger partial charge in [0.15, 0.2) is 11.6 Å². The number of benzene rings is 2. The first-order valence-electron chi connectivity index (χ1n) is 12.6. The molecule has 2 aromatic carbocycles. The van der Waals surface area contributed by atoms with E-state index in [0.717, 1.165) is 16.8 Å². The fourth-order valence-corrected chi connectivity index (χ4v) is 5.10. The molecule has 0 radical (unpaired) electrons. The molecule has 3 N–H and O–H groups in total. The Balaban J connectivity index is 1.53. The van der Waals surface area contributed by atoms with E-state index in [1.54, 1.807) is 37.5 Å². The maximum Gasteiger partial charge on any atom is 0.185 e. The molecule has 3 heterocycles.